The van der Waals surface area contributed by atoms with Crippen molar-refractivity contribution in [3.63, 3.8) is 0 Å². The molecule has 0 amide bonds. The summed E-state index contributed by atoms with van der Waals surface area (Å²) in [6.07, 6.45) is 2.05. The number of furan rings is 1. The van der Waals surface area contributed by atoms with Crippen molar-refractivity contribution in [2.45, 2.75) is 66.7 Å². The van der Waals surface area contributed by atoms with Crippen molar-refractivity contribution >= 4 is 17.3 Å². The summed E-state index contributed by atoms with van der Waals surface area (Å²) in [7, 11) is 0. The van der Waals surface area contributed by atoms with Crippen molar-refractivity contribution in [3.05, 3.63) is 75.5 Å². The van der Waals surface area contributed by atoms with Crippen molar-refractivity contribution < 1.29 is 4.42 Å². The fourth-order valence-corrected chi connectivity index (χ4v) is 4.40. The predicted octanol–water partition coefficient (Wildman–Crippen LogP) is 7.38. The van der Waals surface area contributed by atoms with Gasteiger partial charge in [-0.3, -0.25) is 4.90 Å². The van der Waals surface area contributed by atoms with Crippen LogP contribution in [0.1, 0.15) is 59.9 Å². The van der Waals surface area contributed by atoms with Gasteiger partial charge in [0.25, 0.3) is 0 Å². The molecule has 146 valence electrons. The predicted molar refractivity (Wildman–Crippen MR) is 118 cm³/mol. The van der Waals surface area contributed by atoms with Crippen LogP contribution in [-0.4, -0.2) is 0 Å². The third-order valence-corrected chi connectivity index (χ3v) is 5.83. The van der Waals surface area contributed by atoms with Crippen LogP contribution in [0.4, 0.5) is 17.3 Å². The monoisotopic (exact) mass is 373 g/mol. The Morgan fingerprint density at radius 1 is 0.821 bits per heavy atom. The van der Waals surface area contributed by atoms with Crippen LogP contribution in [0.25, 0.3) is 0 Å². The SMILES string of the molecule is Cc1ccc2c(c1)CCc1cc(C)oc1N2c1c(C)cc(C(C)(C)C)cc1C. The van der Waals surface area contributed by atoms with E-state index >= 15 is 0 Å². The van der Waals surface area contributed by atoms with Crippen LogP contribution < -0.4 is 4.90 Å². The summed E-state index contributed by atoms with van der Waals surface area (Å²) < 4.78 is 6.27. The van der Waals surface area contributed by atoms with Crippen molar-refractivity contribution in [2.24, 2.45) is 0 Å². The largest absolute Gasteiger partial charge is 0.445 e. The summed E-state index contributed by atoms with van der Waals surface area (Å²) in [6, 6.07) is 13.7. The van der Waals surface area contributed by atoms with Gasteiger partial charge in [0.1, 0.15) is 5.76 Å². The zero-order valence-electron chi connectivity index (χ0n) is 18.2. The van der Waals surface area contributed by atoms with E-state index in [0.29, 0.717) is 0 Å². The van der Waals surface area contributed by atoms with E-state index in [1.165, 1.54) is 44.8 Å². The zero-order chi connectivity index (χ0) is 20.2. The molecule has 0 N–H and O–H groups in total. The van der Waals surface area contributed by atoms with Crippen molar-refractivity contribution in [1.82, 2.24) is 0 Å². The number of fused-ring (bicyclic) bond motifs is 2. The molecule has 0 aliphatic carbocycles. The number of hydrogen-bond acceptors (Lipinski definition) is 2. The normalized spacial score (nSPS) is 13.9. The van der Waals surface area contributed by atoms with Crippen LogP contribution in [0.15, 0.2) is 40.8 Å². The fourth-order valence-electron chi connectivity index (χ4n) is 4.40. The molecule has 2 aromatic carbocycles. The molecule has 0 spiro atoms. The lowest BCUT2D eigenvalue weighted by Crippen LogP contribution is -2.17. The van der Waals surface area contributed by atoms with Crippen molar-refractivity contribution in [1.29, 1.82) is 0 Å². The molecule has 28 heavy (non-hydrogen) atoms. The molecule has 1 aromatic heterocycles. The maximum Gasteiger partial charge on any atom is 0.207 e. The van der Waals surface area contributed by atoms with Gasteiger partial charge >= 0.3 is 0 Å². The highest BCUT2D eigenvalue weighted by Gasteiger charge is 2.28. The summed E-state index contributed by atoms with van der Waals surface area (Å²) in [5, 5.41) is 0. The Morgan fingerprint density at radius 2 is 1.46 bits per heavy atom. The van der Waals surface area contributed by atoms with Gasteiger partial charge in [0.15, 0.2) is 0 Å². The Morgan fingerprint density at radius 3 is 2.11 bits per heavy atom. The van der Waals surface area contributed by atoms with Crippen LogP contribution in [0, 0.1) is 27.7 Å². The maximum absolute atomic E-state index is 6.27. The first-order chi connectivity index (χ1) is 13.1. The van der Waals surface area contributed by atoms with E-state index in [1.807, 2.05) is 6.92 Å². The van der Waals surface area contributed by atoms with Crippen LogP contribution in [0.2, 0.25) is 0 Å². The highest BCUT2D eigenvalue weighted by molar-refractivity contribution is 5.82. The Labute approximate surface area is 169 Å². The Hall–Kier alpha value is -2.48. The molecule has 1 aliphatic rings. The topological polar surface area (TPSA) is 16.4 Å². The Kier molecular flexibility index (Phi) is 4.41. The van der Waals surface area contributed by atoms with E-state index in [0.717, 1.165) is 24.5 Å². The van der Waals surface area contributed by atoms with Gasteiger partial charge in [-0.2, -0.15) is 0 Å². The molecule has 2 heterocycles. The smallest absolute Gasteiger partial charge is 0.207 e. The van der Waals surface area contributed by atoms with Crippen LogP contribution in [0.3, 0.4) is 0 Å². The maximum atomic E-state index is 6.27. The first-order valence-electron chi connectivity index (χ1n) is 10.3. The first kappa shape index (κ1) is 18.9. The molecule has 2 heteroatoms. The van der Waals surface area contributed by atoms with Crippen LogP contribution in [0.5, 0.6) is 0 Å². The van der Waals surface area contributed by atoms with E-state index in [2.05, 4.69) is 82.8 Å². The average Bonchev–Trinajstić information content (AvgIpc) is 2.90. The van der Waals surface area contributed by atoms with E-state index in [1.54, 1.807) is 0 Å². The lowest BCUT2D eigenvalue weighted by molar-refractivity contribution is 0.539. The van der Waals surface area contributed by atoms with Gasteiger partial charge in [0, 0.05) is 5.56 Å². The van der Waals surface area contributed by atoms with E-state index in [9.17, 15) is 0 Å². The molecule has 1 aliphatic heterocycles. The van der Waals surface area contributed by atoms with Gasteiger partial charge in [-0.15, -0.1) is 0 Å². The van der Waals surface area contributed by atoms with Gasteiger partial charge in [-0.25, -0.2) is 0 Å². The van der Waals surface area contributed by atoms with Gasteiger partial charge in [-0.05, 0) is 80.3 Å². The van der Waals surface area contributed by atoms with E-state index < -0.39 is 0 Å². The fraction of sp³-hybridized carbons (Fsp3) is 0.385. The minimum Gasteiger partial charge on any atom is -0.445 e. The molecule has 0 atom stereocenters. The third-order valence-electron chi connectivity index (χ3n) is 5.83. The molecule has 0 radical (unpaired) electrons. The van der Waals surface area contributed by atoms with Gasteiger partial charge in [-0.1, -0.05) is 50.6 Å². The number of hydrogen-bond donors (Lipinski definition) is 0. The quantitative estimate of drug-likeness (QED) is 0.442. The third kappa shape index (κ3) is 3.15. The first-order valence-corrected chi connectivity index (χ1v) is 10.3. The average molecular weight is 374 g/mol. The lowest BCUT2D eigenvalue weighted by Gasteiger charge is -2.30. The highest BCUT2D eigenvalue weighted by Crippen LogP contribution is 2.46. The summed E-state index contributed by atoms with van der Waals surface area (Å²) in [4.78, 5) is 2.36. The second kappa shape index (κ2) is 6.55. The standard InChI is InChI=1S/C26H31NO/c1-16-8-11-23-20(12-16)9-10-21-15-19(4)28-25(21)27(23)24-17(2)13-22(14-18(24)3)26(5,6)7/h8,11-15H,9-10H2,1-7H3. The van der Waals surface area contributed by atoms with Crippen molar-refractivity contribution in [2.75, 3.05) is 4.90 Å². The second-order valence-electron chi connectivity index (χ2n) is 9.36. The van der Waals surface area contributed by atoms with Crippen LogP contribution >= 0.6 is 0 Å². The molecule has 0 fully saturated rings. The Balaban J connectivity index is 1.99. The second-order valence-corrected chi connectivity index (χ2v) is 9.36. The summed E-state index contributed by atoms with van der Waals surface area (Å²) in [5.74, 6) is 1.96. The minimum atomic E-state index is 0.133. The molecule has 2 nitrogen and oxygen atoms in total. The zero-order valence-corrected chi connectivity index (χ0v) is 18.2. The number of anilines is 3. The molecule has 0 saturated carbocycles. The summed E-state index contributed by atoms with van der Waals surface area (Å²) in [6.45, 7) is 15.5. The number of nitrogens with zero attached hydrogens (tertiary/aromatic N) is 1. The highest BCUT2D eigenvalue weighted by atomic mass is 16.4. The molecule has 4 rings (SSSR count). The Bertz CT molecular complexity index is 1030. The van der Waals surface area contributed by atoms with Crippen molar-refractivity contribution in [3.8, 4) is 0 Å². The molecule has 0 saturated heterocycles. The summed E-state index contributed by atoms with van der Waals surface area (Å²) >= 11 is 0. The van der Waals surface area contributed by atoms with E-state index in [-0.39, 0.29) is 5.41 Å². The molecule has 3 aromatic rings. The molecular weight excluding hydrogens is 342 g/mol. The number of benzene rings is 2. The van der Waals surface area contributed by atoms with Gasteiger partial charge < -0.3 is 4.42 Å². The van der Waals surface area contributed by atoms with Gasteiger partial charge in [0.2, 0.25) is 5.88 Å². The number of aryl methyl sites for hydroxylation is 6. The number of rotatable bonds is 1. The van der Waals surface area contributed by atoms with E-state index in [4.69, 9.17) is 4.42 Å². The van der Waals surface area contributed by atoms with Crippen LogP contribution in [-0.2, 0) is 18.3 Å². The summed E-state index contributed by atoms with van der Waals surface area (Å²) in [5.41, 5.74) is 10.6. The van der Waals surface area contributed by atoms with Gasteiger partial charge in [0.05, 0.1) is 11.4 Å². The molecular formula is C26H31NO. The minimum absolute atomic E-state index is 0.133. The molecule has 0 unspecified atom stereocenters. The molecule has 0 bridgehead atoms. The lowest BCUT2D eigenvalue weighted by atomic mass is 9.84.